The molecule has 6 rings (SSSR count). The Morgan fingerprint density at radius 2 is 1.18 bits per heavy atom. The summed E-state index contributed by atoms with van der Waals surface area (Å²) in [7, 11) is 0. The zero-order chi connectivity index (χ0) is 27.1. The van der Waals surface area contributed by atoms with Crippen LogP contribution >= 0.6 is 0 Å². The second-order valence-electron chi connectivity index (χ2n) is 8.48. The molecule has 0 fully saturated rings. The molecule has 0 spiro atoms. The minimum atomic E-state index is -0.360. The number of carbonyl (C=O) groups is 1. The van der Waals surface area contributed by atoms with Crippen molar-refractivity contribution in [3.8, 4) is 0 Å². The third kappa shape index (κ3) is 5.63. The standard InChI is InChI=1S/C29H22N10O/c40-26-22(19-20-11-3-1-4-12-20)32-25(21-13-5-2-6-14-21)39(26)38-29-36-27(33-23-15-7-9-17-30-23)35-28(37-29)34-24-16-8-10-18-31-24/h1-19H,(H3,30,31,33,34,35,36,37,38)/b22-19+. The van der Waals surface area contributed by atoms with Gasteiger partial charge >= 0.3 is 0 Å². The lowest BCUT2D eigenvalue weighted by Gasteiger charge is -2.20. The molecule has 1 aliphatic rings. The Balaban J connectivity index is 1.36. The summed E-state index contributed by atoms with van der Waals surface area (Å²) in [5, 5.41) is 7.47. The molecule has 4 heterocycles. The molecule has 3 N–H and O–H groups in total. The first-order chi connectivity index (χ1) is 19.7. The van der Waals surface area contributed by atoms with Gasteiger partial charge in [-0.05, 0) is 35.9 Å². The highest BCUT2D eigenvalue weighted by molar-refractivity contribution is 6.20. The Morgan fingerprint density at radius 3 is 1.75 bits per heavy atom. The maximum atomic E-state index is 13.6. The second-order valence-corrected chi connectivity index (χ2v) is 8.48. The molecule has 0 unspecified atom stereocenters. The predicted octanol–water partition coefficient (Wildman–Crippen LogP) is 4.81. The van der Waals surface area contributed by atoms with Crippen LogP contribution in [0.4, 0.5) is 29.5 Å². The van der Waals surface area contributed by atoms with E-state index in [2.05, 4.69) is 46.0 Å². The number of hydrogen-bond acceptors (Lipinski definition) is 10. The molecule has 0 saturated carbocycles. The van der Waals surface area contributed by atoms with Crippen molar-refractivity contribution in [1.29, 1.82) is 0 Å². The van der Waals surface area contributed by atoms with Crippen molar-refractivity contribution in [3.05, 3.63) is 126 Å². The van der Waals surface area contributed by atoms with Gasteiger partial charge in [0.05, 0.1) is 0 Å². The third-order valence-corrected chi connectivity index (χ3v) is 5.65. The normalized spacial score (nSPS) is 13.7. The van der Waals surface area contributed by atoms with Gasteiger partial charge in [-0.15, -0.1) is 0 Å². The maximum absolute atomic E-state index is 13.6. The van der Waals surface area contributed by atoms with Gasteiger partial charge in [0.2, 0.25) is 17.8 Å². The van der Waals surface area contributed by atoms with E-state index in [4.69, 9.17) is 0 Å². The number of nitrogens with one attached hydrogen (secondary N) is 3. The molecule has 11 heteroatoms. The molecule has 1 amide bonds. The van der Waals surface area contributed by atoms with Gasteiger partial charge in [0.1, 0.15) is 17.3 Å². The van der Waals surface area contributed by atoms with Crippen molar-refractivity contribution in [2.45, 2.75) is 0 Å². The van der Waals surface area contributed by atoms with E-state index in [-0.39, 0.29) is 29.4 Å². The van der Waals surface area contributed by atoms with Gasteiger partial charge in [-0.2, -0.15) is 20.0 Å². The fraction of sp³-hybridized carbons (Fsp3) is 0. The number of aromatic nitrogens is 5. The summed E-state index contributed by atoms with van der Waals surface area (Å²) in [4.78, 5) is 40.3. The van der Waals surface area contributed by atoms with Gasteiger partial charge in [-0.1, -0.05) is 72.8 Å². The summed E-state index contributed by atoms with van der Waals surface area (Å²) >= 11 is 0. The number of carbonyl (C=O) groups excluding carboxylic acids is 1. The van der Waals surface area contributed by atoms with Crippen LogP contribution in [0.25, 0.3) is 6.08 Å². The van der Waals surface area contributed by atoms with E-state index in [0.717, 1.165) is 11.1 Å². The smallest absolute Gasteiger partial charge is 0.297 e. The monoisotopic (exact) mass is 526 g/mol. The molecule has 0 bridgehead atoms. The van der Waals surface area contributed by atoms with E-state index in [1.807, 2.05) is 84.9 Å². The number of nitrogens with zero attached hydrogens (tertiary/aromatic N) is 7. The van der Waals surface area contributed by atoms with Gasteiger partial charge in [0.15, 0.2) is 5.84 Å². The topological polar surface area (TPSA) is 133 Å². The van der Waals surface area contributed by atoms with E-state index in [1.165, 1.54) is 5.01 Å². The lowest BCUT2D eigenvalue weighted by Crippen LogP contribution is -2.38. The highest BCUT2D eigenvalue weighted by Gasteiger charge is 2.32. The Bertz CT molecular complexity index is 1620. The number of hydrogen-bond donors (Lipinski definition) is 3. The third-order valence-electron chi connectivity index (χ3n) is 5.65. The molecule has 0 aliphatic carbocycles. The molecule has 11 nitrogen and oxygen atoms in total. The van der Waals surface area contributed by atoms with E-state index in [9.17, 15) is 4.79 Å². The molecule has 40 heavy (non-hydrogen) atoms. The zero-order valence-electron chi connectivity index (χ0n) is 21.0. The van der Waals surface area contributed by atoms with Gasteiger partial charge in [0, 0.05) is 18.0 Å². The summed E-state index contributed by atoms with van der Waals surface area (Å²) < 4.78 is 0. The highest BCUT2D eigenvalue weighted by Crippen LogP contribution is 2.24. The van der Waals surface area contributed by atoms with Crippen LogP contribution in [-0.4, -0.2) is 41.7 Å². The molecule has 3 aromatic heterocycles. The Labute approximate surface area is 229 Å². The van der Waals surface area contributed by atoms with E-state index in [0.29, 0.717) is 17.5 Å². The Hall–Kier alpha value is -5.97. The van der Waals surface area contributed by atoms with Crippen LogP contribution in [0.3, 0.4) is 0 Å². The van der Waals surface area contributed by atoms with Crippen molar-refractivity contribution in [2.75, 3.05) is 16.1 Å². The minimum absolute atomic E-state index is 0.102. The SMILES string of the molecule is O=C1/C(=C\c2ccccc2)N=C(c2ccccc2)N1Nc1nc(Nc2ccccn2)nc(Nc2ccccn2)n1. The summed E-state index contributed by atoms with van der Waals surface area (Å²) in [5.41, 5.74) is 4.90. The first-order valence-electron chi connectivity index (χ1n) is 12.4. The predicted molar refractivity (Wildman–Crippen MR) is 153 cm³/mol. The summed E-state index contributed by atoms with van der Waals surface area (Å²) in [6, 6.07) is 29.8. The molecule has 0 saturated heterocycles. The number of hydrazine groups is 1. The second kappa shape index (κ2) is 11.2. The first kappa shape index (κ1) is 24.4. The first-order valence-corrected chi connectivity index (χ1v) is 12.4. The summed E-state index contributed by atoms with van der Waals surface area (Å²) in [6.07, 6.45) is 5.05. The average molecular weight is 527 g/mol. The van der Waals surface area contributed by atoms with Crippen molar-refractivity contribution >= 4 is 47.3 Å². The van der Waals surface area contributed by atoms with Crippen LogP contribution in [0.1, 0.15) is 11.1 Å². The number of aliphatic imine (C=N–C) groups is 1. The van der Waals surface area contributed by atoms with Crippen LogP contribution < -0.4 is 16.1 Å². The zero-order valence-corrected chi connectivity index (χ0v) is 21.0. The molecule has 194 valence electrons. The van der Waals surface area contributed by atoms with Crippen LogP contribution in [0.2, 0.25) is 0 Å². The van der Waals surface area contributed by atoms with Gasteiger partial charge in [-0.3, -0.25) is 10.2 Å². The van der Waals surface area contributed by atoms with Crippen molar-refractivity contribution in [1.82, 2.24) is 29.9 Å². The number of rotatable bonds is 8. The van der Waals surface area contributed by atoms with Crippen LogP contribution in [0.5, 0.6) is 0 Å². The molecular formula is C29H22N10O. The van der Waals surface area contributed by atoms with Crippen molar-refractivity contribution in [3.63, 3.8) is 0 Å². The van der Waals surface area contributed by atoms with Crippen molar-refractivity contribution in [2.24, 2.45) is 4.99 Å². The van der Waals surface area contributed by atoms with E-state index >= 15 is 0 Å². The summed E-state index contributed by atoms with van der Waals surface area (Å²) in [6.45, 7) is 0. The molecule has 0 radical (unpaired) electrons. The lowest BCUT2D eigenvalue weighted by atomic mass is 10.2. The Kier molecular flexibility index (Phi) is 6.82. The molecule has 2 aromatic carbocycles. The largest absolute Gasteiger partial charge is 0.309 e. The molecule has 1 aliphatic heterocycles. The quantitative estimate of drug-likeness (QED) is 0.244. The fourth-order valence-corrected chi connectivity index (χ4v) is 3.85. The van der Waals surface area contributed by atoms with Crippen LogP contribution in [0.15, 0.2) is 120 Å². The van der Waals surface area contributed by atoms with Crippen LogP contribution in [0, 0.1) is 0 Å². The number of anilines is 5. The number of amidine groups is 1. The van der Waals surface area contributed by atoms with Gasteiger partial charge in [-0.25, -0.2) is 15.0 Å². The van der Waals surface area contributed by atoms with Crippen LogP contribution in [-0.2, 0) is 4.79 Å². The lowest BCUT2D eigenvalue weighted by molar-refractivity contribution is -0.121. The highest BCUT2D eigenvalue weighted by atomic mass is 16.2. The number of benzene rings is 2. The Morgan fingerprint density at radius 1 is 0.625 bits per heavy atom. The van der Waals surface area contributed by atoms with E-state index in [1.54, 1.807) is 30.6 Å². The fourth-order valence-electron chi connectivity index (χ4n) is 3.85. The van der Waals surface area contributed by atoms with Gasteiger partial charge < -0.3 is 10.6 Å². The summed E-state index contributed by atoms with van der Waals surface area (Å²) in [5.74, 6) is 1.65. The maximum Gasteiger partial charge on any atom is 0.297 e. The number of pyridine rings is 2. The van der Waals surface area contributed by atoms with Gasteiger partial charge in [0.25, 0.3) is 5.91 Å². The molecular weight excluding hydrogens is 504 g/mol. The minimum Gasteiger partial charge on any atom is -0.309 e. The van der Waals surface area contributed by atoms with Crippen molar-refractivity contribution < 1.29 is 4.79 Å². The average Bonchev–Trinajstić information content (AvgIpc) is 3.29. The molecule has 5 aromatic rings. The number of amides is 1. The molecule has 0 atom stereocenters. The van der Waals surface area contributed by atoms with E-state index < -0.39 is 0 Å².